The first-order chi connectivity index (χ1) is 13.0. The van der Waals surface area contributed by atoms with Gasteiger partial charge in [0.15, 0.2) is 0 Å². The number of ether oxygens (including phenoxy) is 2. The Morgan fingerprint density at radius 3 is 2.67 bits per heavy atom. The van der Waals surface area contributed by atoms with Crippen molar-refractivity contribution in [3.63, 3.8) is 0 Å². The fraction of sp³-hybridized carbons (Fsp3) is 0.542. The maximum Gasteiger partial charge on any atom is 0.293 e. The molecule has 0 heterocycles. The van der Waals surface area contributed by atoms with Crippen molar-refractivity contribution in [2.45, 2.75) is 58.3 Å². The molecule has 3 heteroatoms. The summed E-state index contributed by atoms with van der Waals surface area (Å²) in [5.74, 6) is 1.75. The third-order valence-corrected chi connectivity index (χ3v) is 5.87. The predicted molar refractivity (Wildman–Crippen MR) is 111 cm³/mol. The van der Waals surface area contributed by atoms with Gasteiger partial charge in [-0.3, -0.25) is 4.79 Å². The van der Waals surface area contributed by atoms with Crippen LogP contribution >= 0.6 is 0 Å². The molecule has 0 radical (unpaired) electrons. The molecule has 1 aromatic carbocycles. The zero-order chi connectivity index (χ0) is 19.7. The number of hydrogen-bond acceptors (Lipinski definition) is 3. The second-order valence-corrected chi connectivity index (χ2v) is 7.97. The van der Waals surface area contributed by atoms with Crippen LogP contribution in [0.3, 0.4) is 0 Å². The van der Waals surface area contributed by atoms with Crippen molar-refractivity contribution in [1.29, 1.82) is 0 Å². The number of hydrogen-bond donors (Lipinski definition) is 0. The van der Waals surface area contributed by atoms with E-state index in [4.69, 9.17) is 9.47 Å². The van der Waals surface area contributed by atoms with E-state index in [1.165, 1.54) is 11.1 Å². The zero-order valence-electron chi connectivity index (χ0n) is 16.9. The fourth-order valence-electron chi connectivity index (χ4n) is 4.35. The molecule has 3 atom stereocenters. The van der Waals surface area contributed by atoms with Crippen LogP contribution in [0.1, 0.15) is 63.9 Å². The summed E-state index contributed by atoms with van der Waals surface area (Å²) in [5.41, 5.74) is 2.51. The molecule has 0 amide bonds. The van der Waals surface area contributed by atoms with Crippen LogP contribution in [0.2, 0.25) is 0 Å². The molecule has 0 aromatic heterocycles. The van der Waals surface area contributed by atoms with E-state index in [1.54, 1.807) is 0 Å². The Labute approximate surface area is 164 Å². The highest BCUT2D eigenvalue weighted by atomic mass is 16.5. The highest BCUT2D eigenvalue weighted by Crippen LogP contribution is 2.51. The quantitative estimate of drug-likeness (QED) is 0.270. The van der Waals surface area contributed by atoms with Crippen LogP contribution in [0.15, 0.2) is 49.1 Å². The minimum absolute atomic E-state index is 0.0322. The first-order valence-electron chi connectivity index (χ1n) is 10.1. The third kappa shape index (κ3) is 5.72. The van der Waals surface area contributed by atoms with Crippen molar-refractivity contribution < 1.29 is 14.3 Å². The van der Waals surface area contributed by atoms with E-state index >= 15 is 0 Å². The lowest BCUT2D eigenvalue weighted by Gasteiger charge is -2.44. The van der Waals surface area contributed by atoms with Crippen LogP contribution in [0, 0.1) is 11.3 Å². The van der Waals surface area contributed by atoms with E-state index in [9.17, 15) is 4.79 Å². The van der Waals surface area contributed by atoms with Crippen LogP contribution in [0.5, 0.6) is 5.75 Å². The average molecular weight is 371 g/mol. The van der Waals surface area contributed by atoms with Gasteiger partial charge in [0.2, 0.25) is 0 Å². The van der Waals surface area contributed by atoms with Gasteiger partial charge in [0.1, 0.15) is 5.75 Å². The highest BCUT2D eigenvalue weighted by Gasteiger charge is 2.41. The van der Waals surface area contributed by atoms with E-state index in [2.05, 4.69) is 51.3 Å². The second-order valence-electron chi connectivity index (χ2n) is 7.97. The van der Waals surface area contributed by atoms with E-state index in [1.807, 2.05) is 6.08 Å². The summed E-state index contributed by atoms with van der Waals surface area (Å²) in [4.78, 5) is 10.8. The molecule has 1 aliphatic rings. The fourth-order valence-corrected chi connectivity index (χ4v) is 4.35. The van der Waals surface area contributed by atoms with Gasteiger partial charge in [-0.25, -0.2) is 0 Å². The van der Waals surface area contributed by atoms with Gasteiger partial charge in [0.25, 0.3) is 6.47 Å². The molecule has 1 fully saturated rings. The molecule has 148 valence electrons. The average Bonchev–Trinajstić information content (AvgIpc) is 2.67. The van der Waals surface area contributed by atoms with E-state index in [0.717, 1.165) is 50.9 Å². The van der Waals surface area contributed by atoms with Gasteiger partial charge < -0.3 is 9.47 Å². The van der Waals surface area contributed by atoms with Gasteiger partial charge in [-0.1, -0.05) is 43.7 Å². The predicted octanol–water partition coefficient (Wildman–Crippen LogP) is 6.06. The molecule has 0 aliphatic heterocycles. The SMILES string of the molecule is C=CC[C@]1(COC=O)CC[C@@H](C(=C)C)[C@H](c2ccc(OCCCC)cc2)C1. The Hall–Kier alpha value is -2.03. The van der Waals surface area contributed by atoms with Crippen LogP contribution in [0.4, 0.5) is 0 Å². The van der Waals surface area contributed by atoms with Crippen molar-refractivity contribution >= 4 is 6.47 Å². The largest absolute Gasteiger partial charge is 0.494 e. The maximum atomic E-state index is 10.8. The molecule has 0 bridgehead atoms. The molecular weight excluding hydrogens is 336 g/mol. The number of rotatable bonds is 11. The van der Waals surface area contributed by atoms with Crippen molar-refractivity contribution in [2.75, 3.05) is 13.2 Å². The van der Waals surface area contributed by atoms with Crippen molar-refractivity contribution in [2.24, 2.45) is 11.3 Å². The molecule has 0 saturated heterocycles. The normalized spacial score (nSPS) is 24.8. The first kappa shape index (κ1) is 21.3. The van der Waals surface area contributed by atoms with Crippen molar-refractivity contribution in [3.8, 4) is 5.75 Å². The number of benzene rings is 1. The summed E-state index contributed by atoms with van der Waals surface area (Å²) < 4.78 is 11.0. The molecule has 1 saturated carbocycles. The van der Waals surface area contributed by atoms with E-state index in [0.29, 0.717) is 24.9 Å². The van der Waals surface area contributed by atoms with Gasteiger partial charge in [-0.05, 0) is 68.6 Å². The molecule has 0 spiro atoms. The monoisotopic (exact) mass is 370 g/mol. The van der Waals surface area contributed by atoms with Gasteiger partial charge in [-0.2, -0.15) is 0 Å². The summed E-state index contributed by atoms with van der Waals surface area (Å²) in [5, 5.41) is 0. The summed E-state index contributed by atoms with van der Waals surface area (Å²) in [7, 11) is 0. The van der Waals surface area contributed by atoms with Gasteiger partial charge in [0, 0.05) is 5.41 Å². The van der Waals surface area contributed by atoms with E-state index in [-0.39, 0.29) is 5.41 Å². The Balaban J connectivity index is 2.21. The molecule has 0 N–H and O–H groups in total. The molecule has 2 rings (SSSR count). The zero-order valence-corrected chi connectivity index (χ0v) is 16.9. The Morgan fingerprint density at radius 2 is 2.07 bits per heavy atom. The lowest BCUT2D eigenvalue weighted by molar-refractivity contribution is -0.133. The lowest BCUT2D eigenvalue weighted by Crippen LogP contribution is -2.36. The van der Waals surface area contributed by atoms with Crippen LogP contribution in [-0.2, 0) is 9.53 Å². The van der Waals surface area contributed by atoms with Crippen molar-refractivity contribution in [1.82, 2.24) is 0 Å². The molecule has 0 unspecified atom stereocenters. The minimum Gasteiger partial charge on any atom is -0.494 e. The lowest BCUT2D eigenvalue weighted by atomic mass is 9.61. The molecular formula is C24H34O3. The third-order valence-electron chi connectivity index (χ3n) is 5.87. The van der Waals surface area contributed by atoms with Crippen LogP contribution < -0.4 is 4.74 Å². The van der Waals surface area contributed by atoms with E-state index < -0.39 is 0 Å². The number of carbonyl (C=O) groups is 1. The maximum absolute atomic E-state index is 10.8. The Bertz CT molecular complexity index is 619. The summed E-state index contributed by atoms with van der Waals surface area (Å²) in [6, 6.07) is 8.53. The number of allylic oxidation sites excluding steroid dienone is 2. The Morgan fingerprint density at radius 1 is 1.33 bits per heavy atom. The molecule has 1 aliphatic carbocycles. The summed E-state index contributed by atoms with van der Waals surface area (Å²) in [6.07, 6.45) is 8.08. The minimum atomic E-state index is -0.0322. The van der Waals surface area contributed by atoms with Gasteiger partial charge >= 0.3 is 0 Å². The molecule has 1 aromatic rings. The summed E-state index contributed by atoms with van der Waals surface area (Å²) >= 11 is 0. The second kappa shape index (κ2) is 10.3. The highest BCUT2D eigenvalue weighted by molar-refractivity contribution is 5.37. The van der Waals surface area contributed by atoms with Gasteiger partial charge in [0.05, 0.1) is 13.2 Å². The first-order valence-corrected chi connectivity index (χ1v) is 10.1. The number of carbonyl (C=O) groups excluding carboxylic acids is 1. The van der Waals surface area contributed by atoms with Gasteiger partial charge in [-0.15, -0.1) is 6.58 Å². The summed E-state index contributed by atoms with van der Waals surface area (Å²) in [6.45, 7) is 14.2. The molecule has 27 heavy (non-hydrogen) atoms. The number of unbranched alkanes of at least 4 members (excludes halogenated alkanes) is 1. The van der Waals surface area contributed by atoms with Crippen LogP contribution in [-0.4, -0.2) is 19.7 Å². The van der Waals surface area contributed by atoms with Crippen molar-refractivity contribution in [3.05, 3.63) is 54.6 Å². The standard InChI is InChI=1S/C24H34O3/c1-5-7-15-27-21-10-8-20(9-11-21)23-16-24(13-6-2,17-26-18-25)14-12-22(23)19(3)4/h6,8-11,18,22-23H,2-3,5,7,12-17H2,1,4H3/t22-,23-,24-/m0/s1. The van der Waals surface area contributed by atoms with Crippen LogP contribution in [0.25, 0.3) is 0 Å². The Kier molecular flexibility index (Phi) is 8.15. The molecule has 3 nitrogen and oxygen atoms in total. The smallest absolute Gasteiger partial charge is 0.293 e. The topological polar surface area (TPSA) is 35.5 Å².